The Kier molecular flexibility index (Phi) is 5.34. The van der Waals surface area contributed by atoms with E-state index in [9.17, 15) is 26.0 Å². The second-order valence-electron chi connectivity index (χ2n) is 6.37. The van der Waals surface area contributed by atoms with E-state index in [4.69, 9.17) is 0 Å². The average Bonchev–Trinajstić information content (AvgIpc) is 3.01. The fourth-order valence-corrected chi connectivity index (χ4v) is 7.27. The highest BCUT2D eigenvalue weighted by Crippen LogP contribution is 2.25. The summed E-state index contributed by atoms with van der Waals surface area (Å²) in [5.74, 6) is -1.40. The summed E-state index contributed by atoms with van der Waals surface area (Å²) in [4.78, 5) is 12.2. The van der Waals surface area contributed by atoms with E-state index in [1.807, 2.05) is 0 Å². The first-order valence-electron chi connectivity index (χ1n) is 8.25. The molecule has 3 rings (SSSR count). The smallest absolute Gasteiger partial charge is 0.251 e. The van der Waals surface area contributed by atoms with Gasteiger partial charge in [-0.1, -0.05) is 18.2 Å². The highest BCUT2D eigenvalue weighted by atomic mass is 32.2. The number of hydrogen-bond donors (Lipinski definition) is 1. The third-order valence-electron chi connectivity index (χ3n) is 4.47. The predicted octanol–water partition coefficient (Wildman–Crippen LogP) is 1.72. The van der Waals surface area contributed by atoms with Crippen LogP contribution in [-0.4, -0.2) is 39.5 Å². The summed E-state index contributed by atoms with van der Waals surface area (Å²) in [6.45, 7) is 0.00545. The van der Waals surface area contributed by atoms with Gasteiger partial charge in [0.2, 0.25) is 0 Å². The lowest BCUT2D eigenvalue weighted by Gasteiger charge is -2.11. The number of nitrogens with one attached hydrogen (secondary N) is 1. The Morgan fingerprint density at radius 2 is 1.78 bits per heavy atom. The Hall–Kier alpha value is -2.26. The first-order chi connectivity index (χ1) is 12.7. The van der Waals surface area contributed by atoms with Crippen molar-refractivity contribution < 1.29 is 26.0 Å². The SMILES string of the molecule is O=C(NCc1ccccc1F)c1ccc(S(=O)(=O)[C@H]2CCS(=O)(=O)C2)cc1. The molecular formula is C18H18FNO5S2. The van der Waals surface area contributed by atoms with Crippen molar-refractivity contribution >= 4 is 25.6 Å². The molecule has 1 aliphatic heterocycles. The number of hydrogen-bond acceptors (Lipinski definition) is 5. The Bertz CT molecular complexity index is 1060. The van der Waals surface area contributed by atoms with Gasteiger partial charge < -0.3 is 5.32 Å². The Morgan fingerprint density at radius 1 is 1.11 bits per heavy atom. The summed E-state index contributed by atoms with van der Waals surface area (Å²) in [5.41, 5.74) is 0.567. The molecule has 1 amide bonds. The molecule has 144 valence electrons. The number of rotatable bonds is 5. The number of carbonyl (C=O) groups excluding carboxylic acids is 1. The minimum Gasteiger partial charge on any atom is -0.348 e. The molecule has 0 unspecified atom stereocenters. The van der Waals surface area contributed by atoms with Crippen molar-refractivity contribution in [2.24, 2.45) is 0 Å². The standard InChI is InChI=1S/C18H18FNO5S2/c19-17-4-2-1-3-14(17)11-20-18(21)13-5-7-15(8-6-13)27(24,25)16-9-10-26(22,23)12-16/h1-8,16H,9-12H2,(H,20,21)/t16-/m0/s1. The van der Waals surface area contributed by atoms with Crippen molar-refractivity contribution in [3.05, 3.63) is 65.5 Å². The zero-order valence-corrected chi connectivity index (χ0v) is 15.9. The van der Waals surface area contributed by atoms with Crippen LogP contribution in [0.4, 0.5) is 4.39 Å². The third-order valence-corrected chi connectivity index (χ3v) is 8.66. The van der Waals surface area contributed by atoms with E-state index in [2.05, 4.69) is 5.32 Å². The van der Waals surface area contributed by atoms with Gasteiger partial charge >= 0.3 is 0 Å². The molecule has 1 aliphatic rings. The first-order valence-corrected chi connectivity index (χ1v) is 11.6. The van der Waals surface area contributed by atoms with Crippen molar-refractivity contribution in [3.8, 4) is 0 Å². The highest BCUT2D eigenvalue weighted by Gasteiger charge is 2.37. The molecule has 2 aromatic rings. The van der Waals surface area contributed by atoms with E-state index in [0.717, 1.165) is 0 Å². The molecule has 1 heterocycles. The largest absolute Gasteiger partial charge is 0.348 e. The lowest BCUT2D eigenvalue weighted by atomic mass is 10.2. The molecule has 0 aliphatic carbocycles. The number of halogens is 1. The summed E-state index contributed by atoms with van der Waals surface area (Å²) in [6, 6.07) is 11.4. The van der Waals surface area contributed by atoms with Gasteiger partial charge in [0.15, 0.2) is 19.7 Å². The van der Waals surface area contributed by atoms with Gasteiger partial charge in [0.25, 0.3) is 5.91 Å². The molecule has 0 spiro atoms. The molecule has 1 N–H and O–H groups in total. The first kappa shape index (κ1) is 19.5. The summed E-state index contributed by atoms with van der Waals surface area (Å²) in [5, 5.41) is 1.62. The van der Waals surface area contributed by atoms with Crippen molar-refractivity contribution in [2.45, 2.75) is 23.1 Å². The number of carbonyl (C=O) groups is 1. The van der Waals surface area contributed by atoms with Crippen LogP contribution in [0.1, 0.15) is 22.3 Å². The molecule has 2 aromatic carbocycles. The van der Waals surface area contributed by atoms with Gasteiger partial charge in [-0.05, 0) is 36.8 Å². The van der Waals surface area contributed by atoms with Crippen LogP contribution in [0, 0.1) is 5.82 Å². The average molecular weight is 411 g/mol. The third kappa shape index (κ3) is 4.36. The monoisotopic (exact) mass is 411 g/mol. The Balaban J connectivity index is 1.69. The maximum Gasteiger partial charge on any atom is 0.251 e. The molecule has 27 heavy (non-hydrogen) atoms. The zero-order valence-electron chi connectivity index (χ0n) is 14.3. The molecule has 0 radical (unpaired) electrons. The van der Waals surface area contributed by atoms with Crippen LogP contribution in [0.15, 0.2) is 53.4 Å². The van der Waals surface area contributed by atoms with Gasteiger partial charge in [-0.25, -0.2) is 21.2 Å². The van der Waals surface area contributed by atoms with Crippen LogP contribution in [0.2, 0.25) is 0 Å². The minimum absolute atomic E-state index is 0.00545. The molecule has 6 nitrogen and oxygen atoms in total. The molecule has 0 saturated carbocycles. The van der Waals surface area contributed by atoms with Gasteiger partial charge in [-0.3, -0.25) is 4.79 Å². The second kappa shape index (κ2) is 7.40. The van der Waals surface area contributed by atoms with Crippen LogP contribution in [0.25, 0.3) is 0 Å². The van der Waals surface area contributed by atoms with Gasteiger partial charge in [-0.15, -0.1) is 0 Å². The fraction of sp³-hybridized carbons (Fsp3) is 0.278. The van der Waals surface area contributed by atoms with Crippen molar-refractivity contribution in [3.63, 3.8) is 0 Å². The van der Waals surface area contributed by atoms with Crippen molar-refractivity contribution in [1.82, 2.24) is 5.32 Å². The van der Waals surface area contributed by atoms with Gasteiger partial charge in [0, 0.05) is 17.7 Å². The lowest BCUT2D eigenvalue weighted by molar-refractivity contribution is 0.0950. The Morgan fingerprint density at radius 3 is 2.37 bits per heavy atom. The number of amides is 1. The summed E-state index contributed by atoms with van der Waals surface area (Å²) in [7, 11) is -7.09. The van der Waals surface area contributed by atoms with E-state index in [1.54, 1.807) is 18.2 Å². The molecule has 1 saturated heterocycles. The highest BCUT2D eigenvalue weighted by molar-refractivity contribution is 7.96. The molecular weight excluding hydrogens is 393 g/mol. The van der Waals surface area contributed by atoms with E-state index < -0.39 is 36.6 Å². The van der Waals surface area contributed by atoms with Crippen LogP contribution >= 0.6 is 0 Å². The maximum absolute atomic E-state index is 13.6. The number of benzene rings is 2. The van der Waals surface area contributed by atoms with E-state index in [-0.39, 0.29) is 34.9 Å². The molecule has 0 aromatic heterocycles. The van der Waals surface area contributed by atoms with E-state index in [1.165, 1.54) is 30.3 Å². The minimum atomic E-state index is -3.77. The van der Waals surface area contributed by atoms with E-state index in [0.29, 0.717) is 5.56 Å². The fourth-order valence-electron chi connectivity index (χ4n) is 2.91. The number of sulfone groups is 2. The van der Waals surface area contributed by atoms with Gasteiger partial charge in [-0.2, -0.15) is 0 Å². The second-order valence-corrected chi connectivity index (χ2v) is 10.8. The van der Waals surface area contributed by atoms with Gasteiger partial charge in [0.05, 0.1) is 21.7 Å². The normalized spacial score (nSPS) is 18.9. The predicted molar refractivity (Wildman–Crippen MR) is 98.3 cm³/mol. The molecule has 1 atom stereocenters. The van der Waals surface area contributed by atoms with Crippen molar-refractivity contribution in [1.29, 1.82) is 0 Å². The maximum atomic E-state index is 13.6. The molecule has 9 heteroatoms. The summed E-state index contributed by atoms with van der Waals surface area (Å²) in [6.07, 6.45) is 0.0789. The van der Waals surface area contributed by atoms with Crippen LogP contribution in [0.3, 0.4) is 0 Å². The van der Waals surface area contributed by atoms with E-state index >= 15 is 0 Å². The van der Waals surface area contributed by atoms with Crippen LogP contribution < -0.4 is 5.32 Å². The lowest BCUT2D eigenvalue weighted by Crippen LogP contribution is -2.24. The van der Waals surface area contributed by atoms with Gasteiger partial charge in [0.1, 0.15) is 5.82 Å². The molecule has 1 fully saturated rings. The topological polar surface area (TPSA) is 97.4 Å². The van der Waals surface area contributed by atoms with Crippen LogP contribution in [0.5, 0.6) is 0 Å². The summed E-state index contributed by atoms with van der Waals surface area (Å²) >= 11 is 0. The van der Waals surface area contributed by atoms with Crippen molar-refractivity contribution in [2.75, 3.05) is 11.5 Å². The quantitative estimate of drug-likeness (QED) is 0.808. The Labute approximate surface area is 157 Å². The summed E-state index contributed by atoms with van der Waals surface area (Å²) < 4.78 is 61.7. The van der Waals surface area contributed by atoms with Crippen LogP contribution in [-0.2, 0) is 26.2 Å². The molecule has 0 bridgehead atoms. The zero-order chi connectivity index (χ0) is 19.7.